The largest absolute Gasteiger partial charge is 0.489 e. The van der Waals surface area contributed by atoms with Crippen molar-refractivity contribution in [2.45, 2.75) is 79.4 Å². The number of benzene rings is 4. The van der Waals surface area contributed by atoms with Crippen molar-refractivity contribution in [3.05, 3.63) is 129 Å². The molecular formula is C38H44O4. The molecule has 0 radical (unpaired) electrons. The summed E-state index contributed by atoms with van der Waals surface area (Å²) < 4.78 is 12.0. The van der Waals surface area contributed by atoms with Crippen LogP contribution in [-0.4, -0.2) is 12.6 Å². The van der Waals surface area contributed by atoms with Gasteiger partial charge in [0.05, 0.1) is 0 Å². The zero-order valence-electron chi connectivity index (χ0n) is 25.9. The van der Waals surface area contributed by atoms with Crippen LogP contribution in [0.25, 0.3) is 0 Å². The Morgan fingerprint density at radius 3 is 1.67 bits per heavy atom. The first-order valence-electron chi connectivity index (χ1n) is 14.9. The predicted octanol–water partition coefficient (Wildman–Crippen LogP) is 9.53. The lowest BCUT2D eigenvalue weighted by molar-refractivity contribution is 0.111. The molecule has 0 aliphatic carbocycles. The Labute approximate surface area is 251 Å². The topological polar surface area (TPSA) is 52.6 Å². The highest BCUT2D eigenvalue weighted by molar-refractivity contribution is 5.77. The lowest BCUT2D eigenvalue weighted by atomic mass is 9.96. The number of ether oxygens (including phenoxy) is 2. The fraction of sp³-hybridized carbons (Fsp3) is 0.316. The molecule has 4 aromatic carbocycles. The van der Waals surface area contributed by atoms with Gasteiger partial charge in [0.15, 0.2) is 0 Å². The Morgan fingerprint density at radius 2 is 1.17 bits per heavy atom. The van der Waals surface area contributed by atoms with E-state index in [-0.39, 0.29) is 0 Å². The summed E-state index contributed by atoms with van der Waals surface area (Å²) in [4.78, 5) is 22.1. The van der Waals surface area contributed by atoms with Gasteiger partial charge in [0.1, 0.15) is 37.3 Å². The average Bonchev–Trinajstić information content (AvgIpc) is 3.02. The normalized spacial score (nSPS) is 10.7. The summed E-state index contributed by atoms with van der Waals surface area (Å²) in [5.41, 5.74) is 8.15. The van der Waals surface area contributed by atoms with Crippen molar-refractivity contribution in [2.75, 3.05) is 0 Å². The predicted molar refractivity (Wildman–Crippen MR) is 172 cm³/mol. The van der Waals surface area contributed by atoms with Gasteiger partial charge in [0, 0.05) is 11.1 Å². The third-order valence-corrected chi connectivity index (χ3v) is 7.38. The fourth-order valence-corrected chi connectivity index (χ4v) is 4.63. The van der Waals surface area contributed by atoms with Gasteiger partial charge in [-0.3, -0.25) is 9.59 Å². The molecular weight excluding hydrogens is 520 g/mol. The lowest BCUT2D eigenvalue weighted by Gasteiger charge is -2.17. The van der Waals surface area contributed by atoms with Crippen LogP contribution in [0.2, 0.25) is 0 Å². The number of aryl methyl sites for hydroxylation is 2. The molecule has 0 bridgehead atoms. The summed E-state index contributed by atoms with van der Waals surface area (Å²) in [6.07, 6.45) is 3.69. The second-order valence-corrected chi connectivity index (χ2v) is 11.0. The Bertz CT molecular complexity index is 1450. The highest BCUT2D eigenvalue weighted by Crippen LogP contribution is 2.31. The summed E-state index contributed by atoms with van der Waals surface area (Å²) in [5, 5.41) is 0. The van der Waals surface area contributed by atoms with Gasteiger partial charge in [0.25, 0.3) is 0 Å². The molecule has 0 fully saturated rings. The summed E-state index contributed by atoms with van der Waals surface area (Å²) in [6.45, 7) is 13.8. The number of rotatable bonds is 12. The fourth-order valence-electron chi connectivity index (χ4n) is 4.63. The quantitative estimate of drug-likeness (QED) is 0.161. The molecule has 0 N–H and O–H groups in total. The van der Waals surface area contributed by atoms with Crippen LogP contribution in [0.5, 0.6) is 11.5 Å². The van der Waals surface area contributed by atoms with E-state index in [2.05, 4.69) is 77.9 Å². The number of carbonyl (C=O) groups excluding carboxylic acids is 2. The molecule has 0 atom stereocenters. The molecule has 42 heavy (non-hydrogen) atoms. The first kappa shape index (κ1) is 32.3. The van der Waals surface area contributed by atoms with Gasteiger partial charge in [-0.1, -0.05) is 114 Å². The van der Waals surface area contributed by atoms with Crippen LogP contribution < -0.4 is 9.47 Å². The summed E-state index contributed by atoms with van der Waals surface area (Å²) >= 11 is 0. The van der Waals surface area contributed by atoms with Gasteiger partial charge in [0.2, 0.25) is 0 Å². The summed E-state index contributed by atoms with van der Waals surface area (Å²) in [5.74, 6) is 2.71. The first-order valence-corrected chi connectivity index (χ1v) is 14.9. The van der Waals surface area contributed by atoms with Crippen LogP contribution in [0, 0.1) is 0 Å². The van der Waals surface area contributed by atoms with E-state index < -0.39 is 0 Å². The second-order valence-electron chi connectivity index (χ2n) is 11.0. The SMILES string of the molecule is CC(C)c1ccc(C(C)C)c(OCc2ccccc2C=O)c1.CCc1ccc(CC)c(OCc2ccccc2C=O)c1. The van der Waals surface area contributed by atoms with Gasteiger partial charge >= 0.3 is 0 Å². The van der Waals surface area contributed by atoms with Crippen LogP contribution in [0.1, 0.15) is 107 Å². The third kappa shape index (κ3) is 8.91. The van der Waals surface area contributed by atoms with Crippen molar-refractivity contribution in [1.29, 1.82) is 0 Å². The van der Waals surface area contributed by atoms with E-state index in [1.54, 1.807) is 0 Å². The average molecular weight is 565 g/mol. The summed E-state index contributed by atoms with van der Waals surface area (Å²) in [7, 11) is 0. The van der Waals surface area contributed by atoms with Crippen molar-refractivity contribution in [3.63, 3.8) is 0 Å². The van der Waals surface area contributed by atoms with Crippen molar-refractivity contribution < 1.29 is 19.1 Å². The lowest BCUT2D eigenvalue weighted by Crippen LogP contribution is -2.03. The van der Waals surface area contributed by atoms with E-state index in [0.717, 1.165) is 48.0 Å². The van der Waals surface area contributed by atoms with Gasteiger partial charge < -0.3 is 9.47 Å². The minimum atomic E-state index is 0.400. The van der Waals surface area contributed by atoms with E-state index in [4.69, 9.17) is 9.47 Å². The highest BCUT2D eigenvalue weighted by atomic mass is 16.5. The molecule has 0 aliphatic heterocycles. The molecule has 4 aromatic rings. The van der Waals surface area contributed by atoms with E-state index >= 15 is 0 Å². The molecule has 4 heteroatoms. The smallest absolute Gasteiger partial charge is 0.150 e. The minimum Gasteiger partial charge on any atom is -0.489 e. The maximum absolute atomic E-state index is 11.1. The van der Waals surface area contributed by atoms with E-state index in [1.165, 1.54) is 22.3 Å². The molecule has 0 spiro atoms. The first-order chi connectivity index (χ1) is 20.3. The highest BCUT2D eigenvalue weighted by Gasteiger charge is 2.12. The number of aldehydes is 2. The van der Waals surface area contributed by atoms with Crippen LogP contribution >= 0.6 is 0 Å². The number of hydrogen-bond acceptors (Lipinski definition) is 4. The monoisotopic (exact) mass is 564 g/mol. The molecule has 0 unspecified atom stereocenters. The summed E-state index contributed by atoms with van der Waals surface area (Å²) in [6, 6.07) is 27.9. The van der Waals surface area contributed by atoms with Crippen LogP contribution in [0.4, 0.5) is 0 Å². The Balaban J connectivity index is 0.000000231. The number of hydrogen-bond donors (Lipinski definition) is 0. The number of carbonyl (C=O) groups is 2. The van der Waals surface area contributed by atoms with E-state index in [9.17, 15) is 9.59 Å². The van der Waals surface area contributed by atoms with Crippen LogP contribution in [0.3, 0.4) is 0 Å². The minimum absolute atomic E-state index is 0.400. The molecule has 4 nitrogen and oxygen atoms in total. The van der Waals surface area contributed by atoms with Gasteiger partial charge in [-0.2, -0.15) is 0 Å². The molecule has 4 rings (SSSR count). The molecule has 0 aliphatic rings. The second kappa shape index (κ2) is 16.3. The third-order valence-electron chi connectivity index (χ3n) is 7.38. The standard InChI is InChI=1S/C20H24O2.C18H20O2/c1-14(2)16-9-10-19(15(3)4)20(11-16)22-13-18-8-6-5-7-17(18)12-21;1-3-14-9-10-15(4-2)18(11-14)20-13-17-8-6-5-7-16(17)12-19/h5-12,14-15H,13H2,1-4H3;5-12H,3-4,13H2,1-2H3. The van der Waals surface area contributed by atoms with Gasteiger partial charge in [-0.25, -0.2) is 0 Å². The van der Waals surface area contributed by atoms with Crippen molar-refractivity contribution in [2.24, 2.45) is 0 Å². The molecule has 0 aromatic heterocycles. The van der Waals surface area contributed by atoms with Crippen molar-refractivity contribution in [1.82, 2.24) is 0 Å². The molecule has 220 valence electrons. The van der Waals surface area contributed by atoms with Crippen molar-refractivity contribution in [3.8, 4) is 11.5 Å². The van der Waals surface area contributed by atoms with E-state index in [1.807, 2.05) is 48.5 Å². The molecule has 0 saturated heterocycles. The molecule has 0 saturated carbocycles. The Morgan fingerprint density at radius 1 is 0.595 bits per heavy atom. The van der Waals surface area contributed by atoms with Gasteiger partial charge in [-0.05, 0) is 70.2 Å². The Hall–Kier alpha value is -4.18. The zero-order valence-corrected chi connectivity index (χ0v) is 25.9. The maximum atomic E-state index is 11.1. The van der Waals surface area contributed by atoms with Crippen LogP contribution in [0.15, 0.2) is 84.9 Å². The molecule has 0 heterocycles. The maximum Gasteiger partial charge on any atom is 0.150 e. The Kier molecular flexibility index (Phi) is 12.6. The van der Waals surface area contributed by atoms with Crippen LogP contribution in [-0.2, 0) is 26.1 Å². The van der Waals surface area contributed by atoms with Crippen molar-refractivity contribution >= 4 is 12.6 Å². The van der Waals surface area contributed by atoms with E-state index in [0.29, 0.717) is 36.2 Å². The van der Waals surface area contributed by atoms with Gasteiger partial charge in [-0.15, -0.1) is 0 Å². The zero-order chi connectivity index (χ0) is 30.5. The molecule has 0 amide bonds.